The van der Waals surface area contributed by atoms with Crippen molar-refractivity contribution in [2.75, 3.05) is 29.2 Å². The number of amides is 3. The molecule has 8 nitrogen and oxygen atoms in total. The van der Waals surface area contributed by atoms with Crippen LogP contribution in [0, 0.1) is 12.8 Å². The van der Waals surface area contributed by atoms with Crippen LogP contribution in [0.15, 0.2) is 54.6 Å². The van der Waals surface area contributed by atoms with Gasteiger partial charge in [-0.1, -0.05) is 29.5 Å². The van der Waals surface area contributed by atoms with Crippen LogP contribution in [0.5, 0.6) is 5.75 Å². The summed E-state index contributed by atoms with van der Waals surface area (Å²) in [6, 6.07) is 16.2. The topological polar surface area (TPSA) is 101 Å². The second-order valence-corrected chi connectivity index (χ2v) is 8.35. The molecule has 0 saturated carbocycles. The Balaban J connectivity index is 1.40. The molecule has 1 saturated heterocycles. The third-order valence-electron chi connectivity index (χ3n) is 5.14. The molecule has 3 aromatic rings. The largest absolute Gasteiger partial charge is 0.497 e. The van der Waals surface area contributed by atoms with Gasteiger partial charge in [-0.15, -0.1) is 0 Å². The zero-order valence-electron chi connectivity index (χ0n) is 17.6. The molecule has 1 aromatic heterocycles. The van der Waals surface area contributed by atoms with Crippen LogP contribution in [0.3, 0.4) is 0 Å². The van der Waals surface area contributed by atoms with E-state index in [4.69, 9.17) is 4.74 Å². The van der Waals surface area contributed by atoms with Crippen molar-refractivity contribution >= 4 is 45.6 Å². The van der Waals surface area contributed by atoms with E-state index in [0.29, 0.717) is 27.1 Å². The smallest absolute Gasteiger partial charge is 0.267 e. The van der Waals surface area contributed by atoms with E-state index >= 15 is 0 Å². The van der Waals surface area contributed by atoms with Crippen molar-refractivity contribution in [1.29, 1.82) is 0 Å². The predicted molar refractivity (Wildman–Crippen MR) is 123 cm³/mol. The molecule has 0 bridgehead atoms. The Kier molecular flexibility index (Phi) is 6.18. The van der Waals surface area contributed by atoms with Crippen molar-refractivity contribution in [3.05, 3.63) is 65.2 Å². The highest BCUT2D eigenvalue weighted by molar-refractivity contribution is 7.17. The summed E-state index contributed by atoms with van der Waals surface area (Å²) in [7, 11) is 1.58. The summed E-state index contributed by atoms with van der Waals surface area (Å²) < 4.78 is 5.14. The second kappa shape index (κ2) is 9.19. The highest BCUT2D eigenvalue weighted by Crippen LogP contribution is 2.29. The van der Waals surface area contributed by atoms with E-state index in [9.17, 15) is 14.4 Å². The number of anilines is 3. The monoisotopic (exact) mass is 450 g/mol. The summed E-state index contributed by atoms with van der Waals surface area (Å²) in [5.41, 5.74) is 1.93. The van der Waals surface area contributed by atoms with Crippen LogP contribution < -0.4 is 20.3 Å². The van der Waals surface area contributed by atoms with Gasteiger partial charge in [0.1, 0.15) is 10.6 Å². The Morgan fingerprint density at radius 3 is 2.50 bits per heavy atom. The number of hydrogen-bond donors (Lipinski definition) is 2. The lowest BCUT2D eigenvalue weighted by molar-refractivity contribution is -0.122. The molecule has 1 aliphatic rings. The highest BCUT2D eigenvalue weighted by atomic mass is 32.1. The lowest BCUT2D eigenvalue weighted by Crippen LogP contribution is -2.28. The summed E-state index contributed by atoms with van der Waals surface area (Å²) in [4.78, 5) is 44.1. The summed E-state index contributed by atoms with van der Waals surface area (Å²) in [5, 5.41) is 5.92. The van der Waals surface area contributed by atoms with Crippen LogP contribution >= 0.6 is 11.3 Å². The van der Waals surface area contributed by atoms with E-state index < -0.39 is 5.92 Å². The van der Waals surface area contributed by atoms with Gasteiger partial charge in [0, 0.05) is 24.3 Å². The molecule has 0 spiro atoms. The van der Waals surface area contributed by atoms with Crippen LogP contribution in [-0.4, -0.2) is 36.4 Å². The number of aromatic nitrogens is 1. The van der Waals surface area contributed by atoms with Gasteiger partial charge < -0.3 is 20.3 Å². The minimum atomic E-state index is -0.504. The number of nitrogens with one attached hydrogen (secondary N) is 2. The van der Waals surface area contributed by atoms with Gasteiger partial charge in [0.15, 0.2) is 5.13 Å². The molecule has 164 valence electrons. The quantitative estimate of drug-likeness (QED) is 0.596. The van der Waals surface area contributed by atoms with Crippen molar-refractivity contribution in [3.8, 4) is 5.75 Å². The van der Waals surface area contributed by atoms with Crippen molar-refractivity contribution in [3.63, 3.8) is 0 Å². The lowest BCUT2D eigenvalue weighted by Gasteiger charge is -2.16. The molecule has 2 aromatic carbocycles. The van der Waals surface area contributed by atoms with Crippen LogP contribution in [-0.2, 0) is 9.59 Å². The maximum atomic E-state index is 12.8. The van der Waals surface area contributed by atoms with E-state index in [0.717, 1.165) is 17.0 Å². The van der Waals surface area contributed by atoms with Crippen LogP contribution in [0.2, 0.25) is 0 Å². The normalized spacial score (nSPS) is 15.5. The SMILES string of the molecule is COc1ccc(N2CC(C(=O)Nc3nc(C)c(C(=O)Nc4ccccc4)s3)CC2=O)cc1. The molecular weight excluding hydrogens is 428 g/mol. The standard InChI is InChI=1S/C23H22N4O4S/c1-14-20(22(30)25-16-6-4-3-5-7-16)32-23(24-14)26-21(29)15-12-19(28)27(13-15)17-8-10-18(31-2)11-9-17/h3-11,15H,12-13H2,1-2H3,(H,25,30)(H,24,26,29). The number of rotatable bonds is 6. The number of benzene rings is 2. The van der Waals surface area contributed by atoms with Crippen LogP contribution in [0.1, 0.15) is 21.8 Å². The van der Waals surface area contributed by atoms with Gasteiger partial charge in [0.25, 0.3) is 5.91 Å². The molecule has 1 fully saturated rings. The van der Waals surface area contributed by atoms with Gasteiger partial charge in [-0.25, -0.2) is 4.98 Å². The number of ether oxygens (including phenoxy) is 1. The van der Waals surface area contributed by atoms with Gasteiger partial charge in [0.05, 0.1) is 18.7 Å². The summed E-state index contributed by atoms with van der Waals surface area (Å²) in [6.45, 7) is 2.00. The molecule has 2 heterocycles. The van der Waals surface area contributed by atoms with Gasteiger partial charge in [0.2, 0.25) is 11.8 Å². The third-order valence-corrected chi connectivity index (χ3v) is 6.22. The zero-order chi connectivity index (χ0) is 22.7. The molecule has 1 aliphatic heterocycles. The highest BCUT2D eigenvalue weighted by Gasteiger charge is 2.35. The third kappa shape index (κ3) is 4.62. The Hall–Kier alpha value is -3.72. The first-order chi connectivity index (χ1) is 15.4. The molecule has 4 rings (SSSR count). The van der Waals surface area contributed by atoms with Crippen molar-refractivity contribution in [1.82, 2.24) is 4.98 Å². The molecule has 1 atom stereocenters. The first-order valence-corrected chi connectivity index (χ1v) is 10.9. The van der Waals surface area contributed by atoms with Crippen molar-refractivity contribution in [2.24, 2.45) is 5.92 Å². The number of para-hydroxylation sites is 1. The van der Waals surface area contributed by atoms with E-state index in [2.05, 4.69) is 15.6 Å². The number of carbonyl (C=O) groups excluding carboxylic acids is 3. The summed E-state index contributed by atoms with van der Waals surface area (Å²) in [5.74, 6) is -0.503. The van der Waals surface area contributed by atoms with E-state index in [-0.39, 0.29) is 30.7 Å². The molecule has 9 heteroatoms. The molecule has 0 aliphatic carbocycles. The number of aryl methyl sites for hydroxylation is 1. The summed E-state index contributed by atoms with van der Waals surface area (Å²) >= 11 is 1.11. The molecular formula is C23H22N4O4S. The lowest BCUT2D eigenvalue weighted by atomic mass is 10.1. The Morgan fingerprint density at radius 1 is 1.09 bits per heavy atom. The fourth-order valence-electron chi connectivity index (χ4n) is 3.47. The molecule has 32 heavy (non-hydrogen) atoms. The van der Waals surface area contributed by atoms with Gasteiger partial charge in [-0.3, -0.25) is 14.4 Å². The van der Waals surface area contributed by atoms with Gasteiger partial charge in [-0.2, -0.15) is 0 Å². The maximum absolute atomic E-state index is 12.8. The maximum Gasteiger partial charge on any atom is 0.267 e. The number of methoxy groups -OCH3 is 1. The first kappa shape index (κ1) is 21.5. The average molecular weight is 451 g/mol. The minimum Gasteiger partial charge on any atom is -0.497 e. The van der Waals surface area contributed by atoms with Crippen LogP contribution in [0.4, 0.5) is 16.5 Å². The zero-order valence-corrected chi connectivity index (χ0v) is 18.4. The Morgan fingerprint density at radius 2 is 1.81 bits per heavy atom. The average Bonchev–Trinajstić information content (AvgIpc) is 3.37. The van der Waals surface area contributed by atoms with Gasteiger partial charge >= 0.3 is 0 Å². The second-order valence-electron chi connectivity index (χ2n) is 7.35. The Labute approximate surface area is 189 Å². The summed E-state index contributed by atoms with van der Waals surface area (Å²) in [6.07, 6.45) is 0.115. The first-order valence-electron chi connectivity index (χ1n) is 10.0. The molecule has 3 amide bonds. The molecule has 1 unspecified atom stereocenters. The Bertz CT molecular complexity index is 1140. The van der Waals surface area contributed by atoms with E-state index in [1.54, 1.807) is 55.3 Å². The number of carbonyl (C=O) groups is 3. The fourth-order valence-corrected chi connectivity index (χ4v) is 4.34. The van der Waals surface area contributed by atoms with Crippen molar-refractivity contribution in [2.45, 2.75) is 13.3 Å². The fraction of sp³-hybridized carbons (Fsp3) is 0.217. The van der Waals surface area contributed by atoms with Crippen LogP contribution in [0.25, 0.3) is 0 Å². The molecule has 0 radical (unpaired) electrons. The number of hydrogen-bond acceptors (Lipinski definition) is 6. The molecule has 2 N–H and O–H groups in total. The predicted octanol–water partition coefficient (Wildman–Crippen LogP) is 3.70. The minimum absolute atomic E-state index is 0.115. The number of nitrogens with zero attached hydrogens (tertiary/aromatic N) is 2. The van der Waals surface area contributed by atoms with E-state index in [1.165, 1.54) is 0 Å². The number of thiazole rings is 1. The van der Waals surface area contributed by atoms with Gasteiger partial charge in [-0.05, 0) is 43.3 Å². The van der Waals surface area contributed by atoms with Crippen molar-refractivity contribution < 1.29 is 19.1 Å². The van der Waals surface area contributed by atoms with E-state index in [1.807, 2.05) is 18.2 Å².